The molecule has 0 heterocycles. The van der Waals surface area contributed by atoms with Gasteiger partial charge in [0, 0.05) is 0 Å². The lowest BCUT2D eigenvalue weighted by Gasteiger charge is -2.12. The first-order valence-electron chi connectivity index (χ1n) is 6.20. The van der Waals surface area contributed by atoms with E-state index in [4.69, 9.17) is 10.5 Å². The SMILES string of the molecule is Nc1cc(C(F)(F)F)ccc1NC(=O)COCC1CC1. The smallest absolute Gasteiger partial charge is 0.397 e. The molecule has 110 valence electrons. The van der Waals surface area contributed by atoms with Crippen LogP contribution >= 0.6 is 0 Å². The van der Waals surface area contributed by atoms with E-state index in [1.54, 1.807) is 0 Å². The lowest BCUT2D eigenvalue weighted by molar-refractivity contribution is -0.137. The third kappa shape index (κ3) is 4.12. The molecule has 3 N–H and O–H groups in total. The monoisotopic (exact) mass is 288 g/mol. The third-order valence-electron chi connectivity index (χ3n) is 2.94. The number of anilines is 2. The Balaban J connectivity index is 1.89. The number of benzene rings is 1. The Morgan fingerprint density at radius 1 is 1.40 bits per heavy atom. The highest BCUT2D eigenvalue weighted by atomic mass is 19.4. The average Bonchev–Trinajstić information content (AvgIpc) is 3.14. The molecule has 1 saturated carbocycles. The molecule has 1 fully saturated rings. The molecular formula is C13H15F3N2O2. The van der Waals surface area contributed by atoms with Crippen molar-refractivity contribution < 1.29 is 22.7 Å². The summed E-state index contributed by atoms with van der Waals surface area (Å²) in [7, 11) is 0. The van der Waals surface area contributed by atoms with Crippen molar-refractivity contribution in [2.75, 3.05) is 24.3 Å². The first kappa shape index (κ1) is 14.6. The van der Waals surface area contributed by atoms with Crippen molar-refractivity contribution in [3.63, 3.8) is 0 Å². The van der Waals surface area contributed by atoms with Crippen molar-refractivity contribution in [2.45, 2.75) is 19.0 Å². The number of nitrogens with one attached hydrogen (secondary N) is 1. The van der Waals surface area contributed by atoms with Gasteiger partial charge in [0.25, 0.3) is 0 Å². The van der Waals surface area contributed by atoms with E-state index in [-0.39, 0.29) is 18.0 Å². The Labute approximate surface area is 114 Å². The summed E-state index contributed by atoms with van der Waals surface area (Å²) in [5, 5.41) is 2.43. The number of carbonyl (C=O) groups excluding carboxylic acids is 1. The minimum absolute atomic E-state index is 0.128. The van der Waals surface area contributed by atoms with Gasteiger partial charge >= 0.3 is 6.18 Å². The van der Waals surface area contributed by atoms with E-state index in [2.05, 4.69) is 5.32 Å². The fourth-order valence-corrected chi connectivity index (χ4v) is 1.64. The Morgan fingerprint density at radius 3 is 2.65 bits per heavy atom. The van der Waals surface area contributed by atoms with Crippen molar-refractivity contribution in [2.24, 2.45) is 5.92 Å². The summed E-state index contributed by atoms with van der Waals surface area (Å²) >= 11 is 0. The van der Waals surface area contributed by atoms with Crippen LogP contribution in [-0.4, -0.2) is 19.1 Å². The summed E-state index contributed by atoms with van der Waals surface area (Å²) in [4.78, 5) is 11.5. The summed E-state index contributed by atoms with van der Waals surface area (Å²) in [6, 6.07) is 2.80. The number of alkyl halides is 3. The fraction of sp³-hybridized carbons (Fsp3) is 0.462. The quantitative estimate of drug-likeness (QED) is 0.819. The largest absolute Gasteiger partial charge is 0.416 e. The molecule has 2 rings (SSSR count). The van der Waals surface area contributed by atoms with Crippen LogP contribution in [0.4, 0.5) is 24.5 Å². The van der Waals surface area contributed by atoms with E-state index >= 15 is 0 Å². The molecule has 0 spiro atoms. The number of hydrogen-bond donors (Lipinski definition) is 2. The second-order valence-corrected chi connectivity index (χ2v) is 4.81. The maximum Gasteiger partial charge on any atom is 0.416 e. The molecule has 1 amide bonds. The Bertz CT molecular complexity index is 499. The van der Waals surface area contributed by atoms with Crippen LogP contribution in [0.3, 0.4) is 0 Å². The van der Waals surface area contributed by atoms with Crippen LogP contribution in [0.2, 0.25) is 0 Å². The topological polar surface area (TPSA) is 64.3 Å². The molecule has 0 atom stereocenters. The Hall–Kier alpha value is -1.76. The van der Waals surface area contributed by atoms with Gasteiger partial charge in [0.2, 0.25) is 5.91 Å². The Morgan fingerprint density at radius 2 is 2.10 bits per heavy atom. The van der Waals surface area contributed by atoms with Gasteiger partial charge in [0.1, 0.15) is 6.61 Å². The second-order valence-electron chi connectivity index (χ2n) is 4.81. The summed E-state index contributed by atoms with van der Waals surface area (Å²) in [6.45, 7) is 0.410. The number of ether oxygens (including phenoxy) is 1. The third-order valence-corrected chi connectivity index (χ3v) is 2.94. The van der Waals surface area contributed by atoms with E-state index in [0.717, 1.165) is 31.0 Å². The molecule has 20 heavy (non-hydrogen) atoms. The molecule has 0 saturated heterocycles. The molecule has 0 radical (unpaired) electrons. The number of hydrogen-bond acceptors (Lipinski definition) is 3. The van der Waals surface area contributed by atoms with Gasteiger partial charge < -0.3 is 15.8 Å². The van der Waals surface area contributed by atoms with Crippen molar-refractivity contribution in [3.05, 3.63) is 23.8 Å². The predicted molar refractivity (Wildman–Crippen MR) is 68.0 cm³/mol. The molecule has 7 heteroatoms. The van der Waals surface area contributed by atoms with Crippen LogP contribution < -0.4 is 11.1 Å². The van der Waals surface area contributed by atoms with Gasteiger partial charge in [-0.2, -0.15) is 13.2 Å². The Kier molecular flexibility index (Phi) is 4.17. The highest BCUT2D eigenvalue weighted by Crippen LogP contribution is 2.32. The first-order chi connectivity index (χ1) is 9.36. The van der Waals surface area contributed by atoms with Crippen molar-refractivity contribution in [3.8, 4) is 0 Å². The summed E-state index contributed by atoms with van der Waals surface area (Å²) < 4.78 is 42.5. The molecule has 0 aromatic heterocycles. The maximum absolute atomic E-state index is 12.4. The lowest BCUT2D eigenvalue weighted by Crippen LogP contribution is -2.20. The lowest BCUT2D eigenvalue weighted by atomic mass is 10.1. The number of halogens is 3. The highest BCUT2D eigenvalue weighted by Gasteiger charge is 2.30. The molecule has 1 aromatic carbocycles. The van der Waals surface area contributed by atoms with Gasteiger partial charge in [-0.1, -0.05) is 0 Å². The molecule has 1 aromatic rings. The molecule has 0 unspecified atom stereocenters. The van der Waals surface area contributed by atoms with Crippen LogP contribution in [0, 0.1) is 5.92 Å². The van der Waals surface area contributed by atoms with E-state index in [1.165, 1.54) is 0 Å². The maximum atomic E-state index is 12.4. The average molecular weight is 288 g/mol. The van der Waals surface area contributed by atoms with Gasteiger partial charge in [-0.15, -0.1) is 0 Å². The van der Waals surface area contributed by atoms with Crippen molar-refractivity contribution in [1.82, 2.24) is 0 Å². The van der Waals surface area contributed by atoms with Crippen molar-refractivity contribution in [1.29, 1.82) is 0 Å². The van der Waals surface area contributed by atoms with Gasteiger partial charge in [-0.3, -0.25) is 4.79 Å². The summed E-state index contributed by atoms with van der Waals surface area (Å²) in [5.74, 6) is 0.107. The minimum atomic E-state index is -4.45. The zero-order valence-electron chi connectivity index (χ0n) is 10.7. The van der Waals surface area contributed by atoms with Crippen molar-refractivity contribution >= 4 is 17.3 Å². The van der Waals surface area contributed by atoms with Gasteiger partial charge in [0.05, 0.1) is 23.5 Å². The van der Waals surface area contributed by atoms with Gasteiger partial charge in [-0.05, 0) is 37.0 Å². The van der Waals surface area contributed by atoms with E-state index < -0.39 is 17.6 Å². The van der Waals surface area contributed by atoms with Crippen LogP contribution in [0.25, 0.3) is 0 Å². The van der Waals surface area contributed by atoms with Gasteiger partial charge in [0.15, 0.2) is 0 Å². The molecular weight excluding hydrogens is 273 g/mol. The molecule has 0 aliphatic heterocycles. The predicted octanol–water partition coefficient (Wildman–Crippen LogP) is 2.65. The molecule has 0 bridgehead atoms. The second kappa shape index (κ2) is 5.70. The molecule has 1 aliphatic carbocycles. The first-order valence-corrected chi connectivity index (χ1v) is 6.20. The van der Waals surface area contributed by atoms with E-state index in [0.29, 0.717) is 12.5 Å². The number of nitrogen functional groups attached to an aromatic ring is 1. The van der Waals surface area contributed by atoms with Crippen LogP contribution in [-0.2, 0) is 15.7 Å². The van der Waals surface area contributed by atoms with E-state index in [1.807, 2.05) is 0 Å². The molecule has 1 aliphatic rings. The van der Waals surface area contributed by atoms with Crippen LogP contribution in [0.1, 0.15) is 18.4 Å². The summed E-state index contributed by atoms with van der Waals surface area (Å²) in [6.07, 6.45) is -2.22. The minimum Gasteiger partial charge on any atom is -0.397 e. The fourth-order valence-electron chi connectivity index (χ4n) is 1.64. The number of rotatable bonds is 5. The van der Waals surface area contributed by atoms with Crippen LogP contribution in [0.15, 0.2) is 18.2 Å². The molecule has 4 nitrogen and oxygen atoms in total. The van der Waals surface area contributed by atoms with Crippen LogP contribution in [0.5, 0.6) is 0 Å². The summed E-state index contributed by atoms with van der Waals surface area (Å²) in [5.41, 5.74) is 4.67. The standard InChI is InChI=1S/C13H15F3N2O2/c14-13(15,16)9-3-4-11(10(17)5-9)18-12(19)7-20-6-8-1-2-8/h3-5,8H,1-2,6-7,17H2,(H,18,19). The highest BCUT2D eigenvalue weighted by molar-refractivity contribution is 5.94. The zero-order valence-corrected chi connectivity index (χ0v) is 10.7. The van der Waals surface area contributed by atoms with Gasteiger partial charge in [-0.25, -0.2) is 0 Å². The zero-order chi connectivity index (χ0) is 14.8. The number of nitrogens with two attached hydrogens (primary N) is 1. The van der Waals surface area contributed by atoms with E-state index in [9.17, 15) is 18.0 Å². The number of amides is 1. The number of carbonyl (C=O) groups is 1. The normalized spacial score (nSPS) is 15.2.